The molecule has 70 heavy (non-hydrogen) atoms. The van der Waals surface area contributed by atoms with Crippen molar-refractivity contribution < 1.29 is 83.5 Å². The van der Waals surface area contributed by atoms with Crippen molar-refractivity contribution in [1.29, 1.82) is 0 Å². The Hall–Kier alpha value is -5.40. The van der Waals surface area contributed by atoms with Crippen molar-refractivity contribution in [2.24, 2.45) is 0 Å². The van der Waals surface area contributed by atoms with Gasteiger partial charge in [0.25, 0.3) is 0 Å². The monoisotopic (exact) mass is 1030 g/mol. The highest BCUT2D eigenvalue weighted by molar-refractivity contribution is 7.88. The second-order valence-electron chi connectivity index (χ2n) is 19.5. The summed E-state index contributed by atoms with van der Waals surface area (Å²) < 4.78 is 103. The maximum atomic E-state index is 13.9. The van der Waals surface area contributed by atoms with Crippen LogP contribution in [0, 0.1) is 0 Å². The molecule has 0 spiro atoms. The maximum absolute atomic E-state index is 13.9. The average molecular weight is 1030 g/mol. The average Bonchev–Trinajstić information content (AvgIpc) is 3.19. The minimum atomic E-state index is -5.00. The molecule has 394 valence electrons. The molecular formula is C46H70N4O18S2. The van der Waals surface area contributed by atoms with Crippen molar-refractivity contribution in [3.63, 3.8) is 0 Å². The molecule has 2 aromatic carbocycles. The van der Waals surface area contributed by atoms with Crippen molar-refractivity contribution in [1.82, 2.24) is 18.1 Å². The van der Waals surface area contributed by atoms with Gasteiger partial charge in [0.15, 0.2) is 0 Å². The Bertz CT molecular complexity index is 2090. The van der Waals surface area contributed by atoms with E-state index in [2.05, 4.69) is 0 Å². The zero-order valence-electron chi connectivity index (χ0n) is 42.1. The second kappa shape index (κ2) is 26.7. The third-order valence-electron chi connectivity index (χ3n) is 8.36. The van der Waals surface area contributed by atoms with E-state index in [1.165, 1.54) is 41.5 Å². The van der Waals surface area contributed by atoms with Crippen molar-refractivity contribution >= 4 is 56.5 Å². The van der Waals surface area contributed by atoms with Crippen LogP contribution in [0.3, 0.4) is 0 Å². The summed E-state index contributed by atoms with van der Waals surface area (Å²) in [5, 5.41) is 0. The summed E-state index contributed by atoms with van der Waals surface area (Å²) in [7, 11) is -9.99. The second-order valence-corrected chi connectivity index (χ2v) is 22.7. The molecule has 0 aliphatic heterocycles. The summed E-state index contributed by atoms with van der Waals surface area (Å²) in [6, 6.07) is 13.0. The van der Waals surface area contributed by atoms with E-state index >= 15 is 0 Å². The van der Waals surface area contributed by atoms with E-state index in [1.54, 1.807) is 112 Å². The Balaban J connectivity index is 2.33. The Kier molecular flexibility index (Phi) is 23.2. The molecule has 0 aromatic heterocycles. The van der Waals surface area contributed by atoms with Crippen molar-refractivity contribution in [2.45, 2.75) is 144 Å². The molecule has 0 fully saturated rings. The Morgan fingerprint density at radius 1 is 0.471 bits per heavy atom. The van der Waals surface area contributed by atoms with Gasteiger partial charge in [0.05, 0.1) is 39.3 Å². The largest absolute Gasteiger partial charge is 0.460 e. The summed E-state index contributed by atoms with van der Waals surface area (Å²) in [5.74, 6) is -4.20. The van der Waals surface area contributed by atoms with Gasteiger partial charge in [-0.1, -0.05) is 60.7 Å². The number of benzene rings is 2. The molecule has 0 aliphatic carbocycles. The minimum Gasteiger partial charge on any atom is -0.460 e. The fraction of sp³-hybridized carbons (Fsp3) is 0.609. The first kappa shape index (κ1) is 60.7. The first-order valence-electron chi connectivity index (χ1n) is 22.2. The fourth-order valence-corrected chi connectivity index (χ4v) is 8.17. The standard InChI is InChI=1S/C46H70N4O18S2/c1-43(2,3)65-37(51)29-35(39(53)67-45(7,8)9)49(69(57,58)47-41(55)63-31-33-19-15-13-16-20-33)23-25-61-27-28-62-26-24-50(70(59,60)48-42(56)64-32-34-21-17-14-18-22-34)36(40(54)68-46(10,11)12)30-38(52)66-44(4,5)6/h13-22,35-36H,23-32H2,1-12H3,(H,47,55)(H,48,56)/t35-,36-/m0/s1. The van der Waals surface area contributed by atoms with Crippen LogP contribution in [0.2, 0.25) is 0 Å². The predicted octanol–water partition coefficient (Wildman–Crippen LogP) is 4.85. The molecule has 0 aliphatic rings. The number of hydrogen-bond acceptors (Lipinski definition) is 18. The Morgan fingerprint density at radius 3 is 1.06 bits per heavy atom. The number of nitrogens with zero attached hydrogens (tertiary/aromatic N) is 2. The lowest BCUT2D eigenvalue weighted by molar-refractivity contribution is -0.167. The number of carbonyl (C=O) groups excluding carboxylic acids is 6. The molecule has 22 nitrogen and oxygen atoms in total. The summed E-state index contributed by atoms with van der Waals surface area (Å²) in [6.45, 7) is 15.2. The Labute approximate surface area is 411 Å². The Morgan fingerprint density at radius 2 is 0.771 bits per heavy atom. The van der Waals surface area contributed by atoms with E-state index in [0.29, 0.717) is 19.7 Å². The highest BCUT2D eigenvalue weighted by Gasteiger charge is 2.42. The molecule has 0 bridgehead atoms. The molecule has 24 heteroatoms. The highest BCUT2D eigenvalue weighted by atomic mass is 32.2. The van der Waals surface area contributed by atoms with Gasteiger partial charge in [0.1, 0.15) is 47.7 Å². The van der Waals surface area contributed by atoms with E-state index in [4.69, 9.17) is 37.9 Å². The number of carbonyl (C=O) groups is 6. The number of rotatable bonds is 25. The highest BCUT2D eigenvalue weighted by Crippen LogP contribution is 2.21. The number of ether oxygens (including phenoxy) is 8. The topological polar surface area (TPSA) is 275 Å². The van der Waals surface area contributed by atoms with Crippen LogP contribution in [0.15, 0.2) is 60.7 Å². The van der Waals surface area contributed by atoms with Crippen LogP contribution in [0.25, 0.3) is 0 Å². The summed E-state index contributed by atoms with van der Waals surface area (Å²) in [4.78, 5) is 79.1. The third kappa shape index (κ3) is 24.9. The lowest BCUT2D eigenvalue weighted by Gasteiger charge is -2.32. The van der Waals surface area contributed by atoms with Crippen molar-refractivity contribution in [2.75, 3.05) is 39.5 Å². The number of nitrogens with one attached hydrogen (secondary N) is 2. The van der Waals surface area contributed by atoms with E-state index in [1.807, 2.05) is 0 Å². The molecule has 2 amide bonds. The first-order chi connectivity index (χ1) is 32.2. The van der Waals surface area contributed by atoms with Gasteiger partial charge in [-0.3, -0.25) is 19.2 Å². The van der Waals surface area contributed by atoms with Crippen LogP contribution in [-0.4, -0.2) is 136 Å². The molecule has 0 heterocycles. The normalized spacial score (nSPS) is 13.4. The summed E-state index contributed by atoms with van der Waals surface area (Å²) in [5.41, 5.74) is -3.24. The van der Waals surface area contributed by atoms with Crippen LogP contribution in [0.4, 0.5) is 9.59 Å². The minimum absolute atomic E-state index is 0.284. The third-order valence-corrected chi connectivity index (χ3v) is 11.3. The molecule has 0 saturated carbocycles. The van der Waals surface area contributed by atoms with Gasteiger partial charge in [-0.2, -0.15) is 25.4 Å². The van der Waals surface area contributed by atoms with Crippen LogP contribution < -0.4 is 9.44 Å². The first-order valence-corrected chi connectivity index (χ1v) is 25.1. The molecule has 0 radical (unpaired) electrons. The van der Waals surface area contributed by atoms with E-state index < -0.39 is 130 Å². The van der Waals surface area contributed by atoms with Crippen LogP contribution in [0.1, 0.15) is 107 Å². The molecule has 2 N–H and O–H groups in total. The number of hydrogen-bond donors (Lipinski definition) is 2. The summed E-state index contributed by atoms with van der Waals surface area (Å²) in [6.07, 6.45) is -4.43. The van der Waals surface area contributed by atoms with Gasteiger partial charge in [-0.05, 0) is 94.2 Å². The van der Waals surface area contributed by atoms with Gasteiger partial charge in [-0.15, -0.1) is 0 Å². The van der Waals surface area contributed by atoms with Crippen molar-refractivity contribution in [3.8, 4) is 0 Å². The van der Waals surface area contributed by atoms with Crippen LogP contribution in [-0.2, 0) is 90.7 Å². The molecule has 2 atom stereocenters. The number of amides is 2. The van der Waals surface area contributed by atoms with E-state index in [-0.39, 0.29) is 26.4 Å². The van der Waals surface area contributed by atoms with Crippen molar-refractivity contribution in [3.05, 3.63) is 71.8 Å². The quantitative estimate of drug-likeness (QED) is 0.0764. The zero-order valence-corrected chi connectivity index (χ0v) is 43.7. The van der Waals surface area contributed by atoms with Gasteiger partial charge < -0.3 is 37.9 Å². The van der Waals surface area contributed by atoms with Crippen LogP contribution in [0.5, 0.6) is 0 Å². The van der Waals surface area contributed by atoms with Gasteiger partial charge in [-0.25, -0.2) is 19.0 Å². The molecule has 0 unspecified atom stereocenters. The maximum Gasteiger partial charge on any atom is 0.422 e. The smallest absolute Gasteiger partial charge is 0.422 e. The van der Waals surface area contributed by atoms with E-state index in [9.17, 15) is 45.6 Å². The predicted molar refractivity (Wildman–Crippen MR) is 253 cm³/mol. The molecular weight excluding hydrogens is 961 g/mol. The zero-order chi connectivity index (χ0) is 53.1. The van der Waals surface area contributed by atoms with E-state index in [0.717, 1.165) is 0 Å². The van der Waals surface area contributed by atoms with Gasteiger partial charge in [0, 0.05) is 13.1 Å². The summed E-state index contributed by atoms with van der Waals surface area (Å²) >= 11 is 0. The van der Waals surface area contributed by atoms with Gasteiger partial charge in [0.2, 0.25) is 0 Å². The van der Waals surface area contributed by atoms with Gasteiger partial charge >= 0.3 is 56.5 Å². The molecule has 0 saturated heterocycles. The lowest BCUT2D eigenvalue weighted by Crippen LogP contribution is -2.54. The lowest BCUT2D eigenvalue weighted by atomic mass is 10.1. The molecule has 2 rings (SSSR count). The number of esters is 4. The fourth-order valence-electron chi connectivity index (χ4n) is 5.78. The SMILES string of the molecule is CC(C)(C)OC(=O)C[C@@H](C(=O)OC(C)(C)C)N(CCOCCOCCN([C@@H](CC(=O)OC(C)(C)C)C(=O)OC(C)(C)C)S(=O)(=O)NC(=O)OCc1ccccc1)S(=O)(=O)NC(=O)OCc1ccccc1. The molecule has 2 aromatic rings. The van der Waals surface area contributed by atoms with Crippen LogP contribution >= 0.6 is 0 Å².